The summed E-state index contributed by atoms with van der Waals surface area (Å²) in [5.74, 6) is 1.68. The van der Waals surface area contributed by atoms with Gasteiger partial charge in [-0.3, -0.25) is 14.6 Å². The van der Waals surface area contributed by atoms with Crippen molar-refractivity contribution < 1.29 is 9.21 Å². The van der Waals surface area contributed by atoms with Gasteiger partial charge in [0.25, 0.3) is 0 Å². The van der Waals surface area contributed by atoms with E-state index < -0.39 is 0 Å². The highest BCUT2D eigenvalue weighted by atomic mass is 16.4. The molecule has 0 radical (unpaired) electrons. The predicted molar refractivity (Wildman–Crippen MR) is 99.7 cm³/mol. The number of aromatic nitrogens is 2. The SMILES string of the molecule is CC(C)N1CCC[C@H](N2CCN(Cc3nnc(C(C)(C)C)o3)CC2)C1=O. The number of carbonyl (C=O) groups is 1. The van der Waals surface area contributed by atoms with Crippen LogP contribution in [0.4, 0.5) is 0 Å². The smallest absolute Gasteiger partial charge is 0.240 e. The minimum Gasteiger partial charge on any atom is -0.423 e. The summed E-state index contributed by atoms with van der Waals surface area (Å²) in [5.41, 5.74) is -0.117. The first-order chi connectivity index (χ1) is 12.3. The van der Waals surface area contributed by atoms with Crippen molar-refractivity contribution in [1.82, 2.24) is 24.9 Å². The first-order valence-electron chi connectivity index (χ1n) is 9.85. The lowest BCUT2D eigenvalue weighted by molar-refractivity contribution is -0.143. The van der Waals surface area contributed by atoms with Crippen LogP contribution in [0.5, 0.6) is 0 Å². The van der Waals surface area contributed by atoms with Crippen molar-refractivity contribution in [1.29, 1.82) is 0 Å². The third-order valence-corrected chi connectivity index (χ3v) is 5.38. The molecule has 3 rings (SSSR count). The van der Waals surface area contributed by atoms with Gasteiger partial charge in [-0.2, -0.15) is 0 Å². The van der Waals surface area contributed by atoms with Crippen LogP contribution < -0.4 is 0 Å². The molecule has 1 aromatic rings. The Kier molecular flexibility index (Phi) is 5.67. The Morgan fingerprint density at radius 2 is 1.81 bits per heavy atom. The van der Waals surface area contributed by atoms with Crippen LogP contribution in [0.15, 0.2) is 4.42 Å². The summed E-state index contributed by atoms with van der Waals surface area (Å²) in [6, 6.07) is 0.352. The molecule has 2 saturated heterocycles. The van der Waals surface area contributed by atoms with Gasteiger partial charge < -0.3 is 9.32 Å². The molecule has 0 unspecified atom stereocenters. The molecule has 0 aromatic carbocycles. The van der Waals surface area contributed by atoms with Crippen LogP contribution in [0.2, 0.25) is 0 Å². The van der Waals surface area contributed by atoms with Crippen molar-refractivity contribution in [3.05, 3.63) is 11.8 Å². The summed E-state index contributed by atoms with van der Waals surface area (Å²) in [7, 11) is 0. The second kappa shape index (κ2) is 7.64. The summed E-state index contributed by atoms with van der Waals surface area (Å²) in [6.07, 6.45) is 2.09. The van der Waals surface area contributed by atoms with Crippen LogP contribution in [0.3, 0.4) is 0 Å². The van der Waals surface area contributed by atoms with E-state index in [1.54, 1.807) is 0 Å². The molecule has 0 saturated carbocycles. The molecule has 1 aromatic heterocycles. The van der Waals surface area contributed by atoms with E-state index in [0.29, 0.717) is 30.3 Å². The molecular formula is C19H33N5O2. The fourth-order valence-corrected chi connectivity index (χ4v) is 3.78. The van der Waals surface area contributed by atoms with Gasteiger partial charge in [0.05, 0.1) is 12.6 Å². The van der Waals surface area contributed by atoms with Gasteiger partial charge in [-0.1, -0.05) is 20.8 Å². The summed E-state index contributed by atoms with van der Waals surface area (Å²) in [6.45, 7) is 15.7. The van der Waals surface area contributed by atoms with Crippen molar-refractivity contribution in [2.24, 2.45) is 0 Å². The number of rotatable bonds is 4. The second-order valence-electron chi connectivity index (χ2n) is 8.85. The van der Waals surface area contributed by atoms with E-state index in [9.17, 15) is 4.79 Å². The zero-order valence-electron chi connectivity index (χ0n) is 16.9. The number of nitrogens with zero attached hydrogens (tertiary/aromatic N) is 5. The Labute approximate surface area is 156 Å². The summed E-state index contributed by atoms with van der Waals surface area (Å²) < 4.78 is 5.81. The van der Waals surface area contributed by atoms with E-state index in [4.69, 9.17) is 4.42 Å². The topological polar surface area (TPSA) is 65.7 Å². The highest BCUT2D eigenvalue weighted by molar-refractivity contribution is 5.82. The predicted octanol–water partition coefficient (Wildman–Crippen LogP) is 1.88. The van der Waals surface area contributed by atoms with Crippen LogP contribution in [-0.4, -0.2) is 75.6 Å². The number of piperidine rings is 1. The van der Waals surface area contributed by atoms with Crippen LogP contribution >= 0.6 is 0 Å². The van der Waals surface area contributed by atoms with Gasteiger partial charge in [-0.25, -0.2) is 0 Å². The maximum Gasteiger partial charge on any atom is 0.240 e. The Bertz CT molecular complexity index is 614. The molecule has 7 nitrogen and oxygen atoms in total. The molecule has 2 aliphatic rings. The Morgan fingerprint density at radius 1 is 1.12 bits per heavy atom. The summed E-state index contributed by atoms with van der Waals surface area (Å²) in [4.78, 5) is 19.5. The first kappa shape index (κ1) is 19.3. The molecule has 0 spiro atoms. The van der Waals surface area contributed by atoms with Crippen LogP contribution in [0.25, 0.3) is 0 Å². The zero-order chi connectivity index (χ0) is 18.9. The average molecular weight is 364 g/mol. The molecule has 2 fully saturated rings. The molecule has 2 aliphatic heterocycles. The van der Waals surface area contributed by atoms with Gasteiger partial charge in [-0.05, 0) is 26.7 Å². The normalized spacial score (nSPS) is 23.8. The third kappa shape index (κ3) is 4.26. The lowest BCUT2D eigenvalue weighted by Gasteiger charge is -2.43. The van der Waals surface area contributed by atoms with E-state index in [1.165, 1.54) is 0 Å². The van der Waals surface area contributed by atoms with E-state index >= 15 is 0 Å². The fourth-order valence-electron chi connectivity index (χ4n) is 3.78. The average Bonchev–Trinajstić information content (AvgIpc) is 3.04. The lowest BCUT2D eigenvalue weighted by Crippen LogP contribution is -2.58. The standard InChI is InChI=1S/C19H33N5O2/c1-14(2)24-8-6-7-15(17(24)25)23-11-9-22(10-12-23)13-16-20-21-18(26-16)19(3,4)5/h14-15H,6-13H2,1-5H3/t15-/m0/s1. The van der Waals surface area contributed by atoms with Crippen molar-refractivity contribution in [2.45, 2.75) is 71.5 Å². The van der Waals surface area contributed by atoms with Crippen molar-refractivity contribution in [3.8, 4) is 0 Å². The lowest BCUT2D eigenvalue weighted by atomic mass is 9.97. The zero-order valence-corrected chi connectivity index (χ0v) is 16.9. The number of hydrogen-bond acceptors (Lipinski definition) is 6. The van der Waals surface area contributed by atoms with Gasteiger partial charge in [0, 0.05) is 44.2 Å². The number of likely N-dealkylation sites (tertiary alicyclic amines) is 1. The highest BCUT2D eigenvalue weighted by Crippen LogP contribution is 2.23. The van der Waals surface area contributed by atoms with Gasteiger partial charge in [0.2, 0.25) is 17.7 Å². The van der Waals surface area contributed by atoms with E-state index in [0.717, 1.165) is 45.6 Å². The molecule has 3 heterocycles. The Hall–Kier alpha value is -1.47. The number of amides is 1. The number of carbonyl (C=O) groups excluding carboxylic acids is 1. The molecular weight excluding hydrogens is 330 g/mol. The molecule has 1 atom stereocenters. The Balaban J connectivity index is 1.53. The number of hydrogen-bond donors (Lipinski definition) is 0. The van der Waals surface area contributed by atoms with E-state index in [-0.39, 0.29) is 11.5 Å². The molecule has 0 N–H and O–H groups in total. The van der Waals surface area contributed by atoms with Crippen molar-refractivity contribution >= 4 is 5.91 Å². The monoisotopic (exact) mass is 363 g/mol. The van der Waals surface area contributed by atoms with Crippen LogP contribution in [0, 0.1) is 0 Å². The van der Waals surface area contributed by atoms with Gasteiger partial charge in [-0.15, -0.1) is 10.2 Å². The van der Waals surface area contributed by atoms with Crippen LogP contribution in [-0.2, 0) is 16.8 Å². The molecule has 26 heavy (non-hydrogen) atoms. The maximum atomic E-state index is 12.8. The Morgan fingerprint density at radius 3 is 2.38 bits per heavy atom. The first-order valence-corrected chi connectivity index (χ1v) is 9.85. The molecule has 0 aliphatic carbocycles. The van der Waals surface area contributed by atoms with Gasteiger partial charge >= 0.3 is 0 Å². The van der Waals surface area contributed by atoms with Crippen LogP contribution in [0.1, 0.15) is 59.2 Å². The summed E-state index contributed by atoms with van der Waals surface area (Å²) >= 11 is 0. The quantitative estimate of drug-likeness (QED) is 0.814. The van der Waals surface area contributed by atoms with Gasteiger partial charge in [0.1, 0.15) is 0 Å². The molecule has 0 bridgehead atoms. The fraction of sp³-hybridized carbons (Fsp3) is 0.842. The van der Waals surface area contributed by atoms with Gasteiger partial charge in [0.15, 0.2) is 0 Å². The molecule has 7 heteroatoms. The van der Waals surface area contributed by atoms with Crippen molar-refractivity contribution in [2.75, 3.05) is 32.7 Å². The highest BCUT2D eigenvalue weighted by Gasteiger charge is 2.35. The number of piperazine rings is 1. The van der Waals surface area contributed by atoms with E-state index in [2.05, 4.69) is 54.6 Å². The largest absolute Gasteiger partial charge is 0.423 e. The molecule has 146 valence electrons. The second-order valence-corrected chi connectivity index (χ2v) is 8.85. The van der Waals surface area contributed by atoms with E-state index in [1.807, 2.05) is 4.90 Å². The minimum atomic E-state index is -0.117. The molecule has 1 amide bonds. The maximum absolute atomic E-state index is 12.8. The minimum absolute atomic E-state index is 0.0594. The summed E-state index contributed by atoms with van der Waals surface area (Å²) in [5, 5.41) is 8.37. The third-order valence-electron chi connectivity index (χ3n) is 5.38. The van der Waals surface area contributed by atoms with Crippen molar-refractivity contribution in [3.63, 3.8) is 0 Å².